The van der Waals surface area contributed by atoms with E-state index in [-0.39, 0.29) is 11.6 Å². The van der Waals surface area contributed by atoms with Crippen LogP contribution in [0.4, 0.5) is 11.4 Å². The molecule has 148 valence electrons. The quantitative estimate of drug-likeness (QED) is 0.639. The maximum absolute atomic E-state index is 12.6. The Morgan fingerprint density at radius 1 is 0.862 bits per heavy atom. The van der Waals surface area contributed by atoms with Crippen LogP contribution in [-0.2, 0) is 0 Å². The molecule has 2 N–H and O–H groups in total. The van der Waals surface area contributed by atoms with E-state index in [9.17, 15) is 9.59 Å². The molecule has 0 aliphatic rings. The fourth-order valence-corrected chi connectivity index (χ4v) is 2.72. The van der Waals surface area contributed by atoms with Gasteiger partial charge >= 0.3 is 0 Å². The van der Waals surface area contributed by atoms with E-state index in [2.05, 4.69) is 29.5 Å². The molecule has 3 aromatic rings. The van der Waals surface area contributed by atoms with Crippen LogP contribution >= 0.6 is 0 Å². The van der Waals surface area contributed by atoms with Gasteiger partial charge in [-0.3, -0.25) is 14.6 Å². The summed E-state index contributed by atoms with van der Waals surface area (Å²) in [5.41, 5.74) is 3.01. The highest BCUT2D eigenvalue weighted by Gasteiger charge is 2.13. The van der Waals surface area contributed by atoms with Gasteiger partial charge in [-0.15, -0.1) is 0 Å². The molecule has 0 atom stereocenters. The zero-order chi connectivity index (χ0) is 20.8. The van der Waals surface area contributed by atoms with Gasteiger partial charge in [0.15, 0.2) is 0 Å². The van der Waals surface area contributed by atoms with Crippen molar-refractivity contribution in [1.29, 1.82) is 0 Å². The molecule has 0 unspecified atom stereocenters. The second-order valence-electron chi connectivity index (χ2n) is 6.84. The number of carbonyl (C=O) groups excluding carboxylic acids is 2. The number of benzene rings is 2. The number of rotatable bonds is 6. The molecule has 0 fully saturated rings. The Kier molecular flexibility index (Phi) is 6.24. The number of amides is 2. The van der Waals surface area contributed by atoms with Crippen molar-refractivity contribution < 1.29 is 14.3 Å². The summed E-state index contributed by atoms with van der Waals surface area (Å²) in [6.07, 6.45) is 1.44. The Labute approximate surface area is 169 Å². The fourth-order valence-electron chi connectivity index (χ4n) is 2.72. The molecule has 1 heterocycles. The van der Waals surface area contributed by atoms with Crippen LogP contribution in [0.1, 0.15) is 46.2 Å². The summed E-state index contributed by atoms with van der Waals surface area (Å²) in [7, 11) is 1.58. The topological polar surface area (TPSA) is 80.3 Å². The summed E-state index contributed by atoms with van der Waals surface area (Å²) in [6.45, 7) is 4.23. The minimum atomic E-state index is -0.397. The highest BCUT2D eigenvalue weighted by Crippen LogP contribution is 2.18. The zero-order valence-electron chi connectivity index (χ0n) is 16.6. The summed E-state index contributed by atoms with van der Waals surface area (Å²) in [5, 5.41) is 5.59. The molecule has 3 rings (SSSR count). The van der Waals surface area contributed by atoms with E-state index in [4.69, 9.17) is 4.74 Å². The van der Waals surface area contributed by atoms with Crippen molar-refractivity contribution in [3.05, 3.63) is 83.7 Å². The number of pyridine rings is 1. The minimum absolute atomic E-state index is 0.156. The molecule has 2 aromatic carbocycles. The van der Waals surface area contributed by atoms with Gasteiger partial charge in [0.05, 0.1) is 7.11 Å². The van der Waals surface area contributed by atoms with Crippen LogP contribution in [0, 0.1) is 0 Å². The number of methoxy groups -OCH3 is 1. The van der Waals surface area contributed by atoms with Gasteiger partial charge in [-0.05, 0) is 60.0 Å². The first-order chi connectivity index (χ1) is 14.0. The summed E-state index contributed by atoms with van der Waals surface area (Å²) in [6, 6.07) is 17.7. The van der Waals surface area contributed by atoms with Crippen molar-refractivity contribution in [2.75, 3.05) is 17.7 Å². The largest absolute Gasteiger partial charge is 0.497 e. The molecule has 29 heavy (non-hydrogen) atoms. The number of anilines is 2. The summed E-state index contributed by atoms with van der Waals surface area (Å²) in [5.74, 6) is 0.419. The number of hydrogen-bond donors (Lipinski definition) is 2. The number of carbonyl (C=O) groups is 2. The number of ether oxygens (including phenoxy) is 1. The van der Waals surface area contributed by atoms with E-state index in [1.165, 1.54) is 17.8 Å². The van der Waals surface area contributed by atoms with Crippen LogP contribution in [-0.4, -0.2) is 23.9 Å². The van der Waals surface area contributed by atoms with Gasteiger partial charge < -0.3 is 15.4 Å². The molecule has 0 saturated carbocycles. The third-order valence-corrected chi connectivity index (χ3v) is 4.44. The van der Waals surface area contributed by atoms with Crippen LogP contribution < -0.4 is 15.4 Å². The lowest BCUT2D eigenvalue weighted by Crippen LogP contribution is -2.17. The van der Waals surface area contributed by atoms with Crippen LogP contribution in [0.2, 0.25) is 0 Å². The second-order valence-corrected chi connectivity index (χ2v) is 6.84. The van der Waals surface area contributed by atoms with Crippen molar-refractivity contribution in [3.8, 4) is 5.75 Å². The van der Waals surface area contributed by atoms with Crippen molar-refractivity contribution >= 4 is 23.2 Å². The number of nitrogens with zero attached hydrogens (tertiary/aromatic N) is 1. The molecule has 0 radical (unpaired) electrons. The van der Waals surface area contributed by atoms with Gasteiger partial charge in [-0.25, -0.2) is 0 Å². The molecular formula is C23H23N3O3. The van der Waals surface area contributed by atoms with E-state index >= 15 is 0 Å². The average molecular weight is 389 g/mol. The van der Waals surface area contributed by atoms with Gasteiger partial charge in [-0.2, -0.15) is 0 Å². The average Bonchev–Trinajstić information content (AvgIpc) is 2.74. The van der Waals surface area contributed by atoms with Crippen LogP contribution in [0.3, 0.4) is 0 Å². The maximum atomic E-state index is 12.6. The molecule has 0 bridgehead atoms. The van der Waals surface area contributed by atoms with Crippen molar-refractivity contribution in [2.45, 2.75) is 19.8 Å². The van der Waals surface area contributed by atoms with Crippen molar-refractivity contribution in [1.82, 2.24) is 4.98 Å². The van der Waals surface area contributed by atoms with Crippen molar-refractivity contribution in [2.24, 2.45) is 0 Å². The highest BCUT2D eigenvalue weighted by molar-refractivity contribution is 6.07. The van der Waals surface area contributed by atoms with Gasteiger partial charge in [0.25, 0.3) is 11.8 Å². The minimum Gasteiger partial charge on any atom is -0.497 e. The fraction of sp³-hybridized carbons (Fsp3) is 0.174. The lowest BCUT2D eigenvalue weighted by Gasteiger charge is -2.09. The zero-order valence-corrected chi connectivity index (χ0v) is 16.6. The first kappa shape index (κ1) is 20.1. The standard InChI is InChI=1S/C23H23N3O3/c1-15(2)16-4-6-18(7-5-16)25-22(27)17-12-13-24-21(14-17)23(28)26-19-8-10-20(29-3)11-9-19/h4-15H,1-3H3,(H,25,27)(H,26,28). The van der Waals surface area contributed by atoms with E-state index in [0.29, 0.717) is 28.6 Å². The maximum Gasteiger partial charge on any atom is 0.274 e. The highest BCUT2D eigenvalue weighted by atomic mass is 16.5. The van der Waals surface area contributed by atoms with E-state index in [1.54, 1.807) is 37.4 Å². The van der Waals surface area contributed by atoms with E-state index < -0.39 is 5.91 Å². The van der Waals surface area contributed by atoms with E-state index in [1.807, 2.05) is 24.3 Å². The molecule has 2 amide bonds. The predicted molar refractivity (Wildman–Crippen MR) is 114 cm³/mol. The molecule has 0 saturated heterocycles. The number of nitrogens with one attached hydrogen (secondary N) is 2. The first-order valence-electron chi connectivity index (χ1n) is 9.29. The second kappa shape index (κ2) is 9.01. The monoisotopic (exact) mass is 389 g/mol. The smallest absolute Gasteiger partial charge is 0.274 e. The Balaban J connectivity index is 1.68. The van der Waals surface area contributed by atoms with Gasteiger partial charge in [-0.1, -0.05) is 26.0 Å². The molecule has 0 aliphatic carbocycles. The molecule has 0 spiro atoms. The Bertz CT molecular complexity index is 997. The Morgan fingerprint density at radius 2 is 1.45 bits per heavy atom. The van der Waals surface area contributed by atoms with Gasteiger partial charge in [0.2, 0.25) is 0 Å². The molecule has 6 nitrogen and oxygen atoms in total. The molecule has 0 aliphatic heterocycles. The third kappa shape index (κ3) is 5.19. The summed E-state index contributed by atoms with van der Waals surface area (Å²) >= 11 is 0. The molecule has 1 aromatic heterocycles. The van der Waals surface area contributed by atoms with Crippen LogP contribution in [0.5, 0.6) is 5.75 Å². The lowest BCUT2D eigenvalue weighted by molar-refractivity contribution is 0.102. The third-order valence-electron chi connectivity index (χ3n) is 4.44. The number of hydrogen-bond acceptors (Lipinski definition) is 4. The van der Waals surface area contributed by atoms with Crippen LogP contribution in [0.15, 0.2) is 66.9 Å². The SMILES string of the molecule is COc1ccc(NC(=O)c2cc(C(=O)Nc3ccc(C(C)C)cc3)ccn2)cc1. The lowest BCUT2D eigenvalue weighted by atomic mass is 10.0. The summed E-state index contributed by atoms with van der Waals surface area (Å²) < 4.78 is 5.10. The Hall–Kier alpha value is -3.67. The van der Waals surface area contributed by atoms with Crippen LogP contribution in [0.25, 0.3) is 0 Å². The normalized spacial score (nSPS) is 10.5. The Morgan fingerprint density at radius 3 is 2.03 bits per heavy atom. The summed E-state index contributed by atoms with van der Waals surface area (Å²) in [4.78, 5) is 29.1. The molecule has 6 heteroatoms. The van der Waals surface area contributed by atoms with Crippen molar-refractivity contribution in [3.63, 3.8) is 0 Å². The number of aromatic nitrogens is 1. The first-order valence-corrected chi connectivity index (χ1v) is 9.29. The van der Waals surface area contributed by atoms with Gasteiger partial charge in [0, 0.05) is 23.1 Å². The predicted octanol–water partition coefficient (Wildman–Crippen LogP) is 4.72. The molecular weight excluding hydrogens is 366 g/mol. The van der Waals surface area contributed by atoms with Gasteiger partial charge in [0.1, 0.15) is 11.4 Å². The van der Waals surface area contributed by atoms with E-state index in [0.717, 1.165) is 0 Å².